The van der Waals surface area contributed by atoms with Crippen LogP contribution in [0.3, 0.4) is 0 Å². The zero-order chi connectivity index (χ0) is 12.7. The summed E-state index contributed by atoms with van der Waals surface area (Å²) in [7, 11) is 3.41. The van der Waals surface area contributed by atoms with Crippen LogP contribution in [-0.2, 0) is 11.8 Å². The number of aromatic nitrogens is 2. The molecule has 96 valence electrons. The maximum absolute atomic E-state index is 12.1. The summed E-state index contributed by atoms with van der Waals surface area (Å²) in [4.78, 5) is 13.9. The number of methoxy groups -OCH3 is 1. The lowest BCUT2D eigenvalue weighted by Gasteiger charge is -2.21. The highest BCUT2D eigenvalue weighted by Crippen LogP contribution is 2.04. The normalized spacial score (nSPS) is 10.5. The SMILES string of the molecule is COCCN(CCCN)C(=O)c1cnn(C)c1. The molecule has 6 nitrogen and oxygen atoms in total. The summed E-state index contributed by atoms with van der Waals surface area (Å²) in [6, 6.07) is 0. The van der Waals surface area contributed by atoms with E-state index >= 15 is 0 Å². The fourth-order valence-electron chi connectivity index (χ4n) is 1.51. The molecule has 1 aromatic heterocycles. The van der Waals surface area contributed by atoms with Crippen LogP contribution in [0.4, 0.5) is 0 Å². The Balaban J connectivity index is 2.64. The van der Waals surface area contributed by atoms with E-state index in [0.29, 0.717) is 31.8 Å². The molecule has 1 heterocycles. The van der Waals surface area contributed by atoms with E-state index in [-0.39, 0.29) is 5.91 Å². The first-order chi connectivity index (χ1) is 8.19. The zero-order valence-electron chi connectivity index (χ0n) is 10.4. The second-order valence-corrected chi connectivity index (χ2v) is 3.83. The van der Waals surface area contributed by atoms with E-state index in [1.54, 1.807) is 36.1 Å². The third kappa shape index (κ3) is 4.16. The van der Waals surface area contributed by atoms with Crippen molar-refractivity contribution in [2.45, 2.75) is 6.42 Å². The molecule has 0 atom stereocenters. The third-order valence-corrected chi connectivity index (χ3v) is 2.44. The van der Waals surface area contributed by atoms with Gasteiger partial charge in [-0.15, -0.1) is 0 Å². The summed E-state index contributed by atoms with van der Waals surface area (Å²) < 4.78 is 6.61. The molecule has 0 saturated carbocycles. The number of carbonyl (C=O) groups is 1. The first-order valence-electron chi connectivity index (χ1n) is 5.66. The second kappa shape index (κ2) is 7.03. The van der Waals surface area contributed by atoms with Crippen molar-refractivity contribution >= 4 is 5.91 Å². The highest BCUT2D eigenvalue weighted by molar-refractivity contribution is 5.93. The maximum Gasteiger partial charge on any atom is 0.257 e. The molecular formula is C11H20N4O2. The van der Waals surface area contributed by atoms with Gasteiger partial charge in [-0.2, -0.15) is 5.10 Å². The van der Waals surface area contributed by atoms with Gasteiger partial charge in [-0.25, -0.2) is 0 Å². The Hall–Kier alpha value is -1.40. The molecule has 0 bridgehead atoms. The number of ether oxygens (including phenoxy) is 1. The largest absolute Gasteiger partial charge is 0.383 e. The van der Waals surface area contributed by atoms with Crippen LogP contribution in [-0.4, -0.2) is 53.9 Å². The number of nitrogens with two attached hydrogens (primary N) is 1. The summed E-state index contributed by atoms with van der Waals surface area (Å²) in [5.41, 5.74) is 6.06. The Morgan fingerprint density at radius 1 is 1.59 bits per heavy atom. The van der Waals surface area contributed by atoms with Crippen LogP contribution < -0.4 is 5.73 Å². The lowest BCUT2D eigenvalue weighted by atomic mass is 10.3. The predicted molar refractivity (Wildman–Crippen MR) is 64.7 cm³/mol. The van der Waals surface area contributed by atoms with Crippen LogP contribution in [0.25, 0.3) is 0 Å². The number of hydrogen-bond acceptors (Lipinski definition) is 4. The Morgan fingerprint density at radius 2 is 2.35 bits per heavy atom. The van der Waals surface area contributed by atoms with E-state index in [1.807, 2.05) is 0 Å². The zero-order valence-corrected chi connectivity index (χ0v) is 10.4. The van der Waals surface area contributed by atoms with Crippen molar-refractivity contribution in [1.82, 2.24) is 14.7 Å². The fourth-order valence-corrected chi connectivity index (χ4v) is 1.51. The first kappa shape index (κ1) is 13.7. The highest BCUT2D eigenvalue weighted by atomic mass is 16.5. The van der Waals surface area contributed by atoms with Crippen LogP contribution in [0.5, 0.6) is 0 Å². The molecule has 17 heavy (non-hydrogen) atoms. The molecule has 0 aliphatic heterocycles. The number of rotatable bonds is 7. The van der Waals surface area contributed by atoms with Crippen LogP contribution in [0, 0.1) is 0 Å². The van der Waals surface area contributed by atoms with Crippen LogP contribution in [0.1, 0.15) is 16.8 Å². The third-order valence-electron chi connectivity index (χ3n) is 2.44. The molecule has 0 aliphatic rings. The summed E-state index contributed by atoms with van der Waals surface area (Å²) in [5, 5.41) is 3.99. The Kier molecular flexibility index (Phi) is 5.65. The predicted octanol–water partition coefficient (Wildman–Crippen LogP) is -0.142. The van der Waals surface area contributed by atoms with Gasteiger partial charge in [0.25, 0.3) is 5.91 Å². The average Bonchev–Trinajstić information content (AvgIpc) is 2.75. The minimum Gasteiger partial charge on any atom is -0.383 e. The molecule has 0 fully saturated rings. The summed E-state index contributed by atoms with van der Waals surface area (Å²) in [5.74, 6) is -0.0244. The van der Waals surface area contributed by atoms with Crippen molar-refractivity contribution in [2.75, 3.05) is 33.4 Å². The summed E-state index contributed by atoms with van der Waals surface area (Å²) in [6.07, 6.45) is 4.07. The van der Waals surface area contributed by atoms with Crippen molar-refractivity contribution in [3.63, 3.8) is 0 Å². The Morgan fingerprint density at radius 3 is 2.88 bits per heavy atom. The Bertz CT molecular complexity index is 343. The van der Waals surface area contributed by atoms with E-state index in [9.17, 15) is 4.79 Å². The minimum absolute atomic E-state index is 0.0244. The number of nitrogens with zero attached hydrogens (tertiary/aromatic N) is 3. The topological polar surface area (TPSA) is 73.4 Å². The lowest BCUT2D eigenvalue weighted by Crippen LogP contribution is -2.35. The van der Waals surface area contributed by atoms with E-state index in [2.05, 4.69) is 5.10 Å². The van der Waals surface area contributed by atoms with Crippen molar-refractivity contribution in [1.29, 1.82) is 0 Å². The average molecular weight is 240 g/mol. The van der Waals surface area contributed by atoms with Crippen molar-refractivity contribution in [3.05, 3.63) is 18.0 Å². The molecule has 0 unspecified atom stereocenters. The Labute approximate surface area is 101 Å². The number of aryl methyl sites for hydroxylation is 1. The quantitative estimate of drug-likeness (QED) is 0.720. The molecule has 1 amide bonds. The van der Waals surface area contributed by atoms with Gasteiger partial charge >= 0.3 is 0 Å². The minimum atomic E-state index is -0.0244. The van der Waals surface area contributed by atoms with Gasteiger partial charge in [-0.05, 0) is 13.0 Å². The molecule has 0 saturated heterocycles. The standard InChI is InChI=1S/C11H20N4O2/c1-14-9-10(8-13-14)11(16)15(5-3-4-12)6-7-17-2/h8-9H,3-7,12H2,1-2H3. The van der Waals surface area contributed by atoms with E-state index in [1.165, 1.54) is 0 Å². The molecule has 0 aromatic carbocycles. The summed E-state index contributed by atoms with van der Waals surface area (Å²) in [6.45, 7) is 2.32. The van der Waals surface area contributed by atoms with Gasteiger partial charge in [-0.1, -0.05) is 0 Å². The van der Waals surface area contributed by atoms with E-state index in [0.717, 1.165) is 6.42 Å². The summed E-state index contributed by atoms with van der Waals surface area (Å²) >= 11 is 0. The lowest BCUT2D eigenvalue weighted by molar-refractivity contribution is 0.0694. The molecule has 2 N–H and O–H groups in total. The van der Waals surface area contributed by atoms with Gasteiger partial charge in [0.05, 0.1) is 18.4 Å². The van der Waals surface area contributed by atoms with Crippen LogP contribution in [0.2, 0.25) is 0 Å². The van der Waals surface area contributed by atoms with Gasteiger partial charge in [0.2, 0.25) is 0 Å². The van der Waals surface area contributed by atoms with Gasteiger partial charge in [0.1, 0.15) is 0 Å². The maximum atomic E-state index is 12.1. The van der Waals surface area contributed by atoms with Gasteiger partial charge < -0.3 is 15.4 Å². The molecule has 1 aromatic rings. The number of carbonyl (C=O) groups excluding carboxylic acids is 1. The molecule has 6 heteroatoms. The molecule has 0 spiro atoms. The smallest absolute Gasteiger partial charge is 0.257 e. The second-order valence-electron chi connectivity index (χ2n) is 3.83. The van der Waals surface area contributed by atoms with Crippen molar-refractivity contribution < 1.29 is 9.53 Å². The fraction of sp³-hybridized carbons (Fsp3) is 0.636. The number of hydrogen-bond donors (Lipinski definition) is 1. The molecule has 0 aliphatic carbocycles. The van der Waals surface area contributed by atoms with Gasteiger partial charge in [0, 0.05) is 33.4 Å². The monoisotopic (exact) mass is 240 g/mol. The van der Waals surface area contributed by atoms with E-state index < -0.39 is 0 Å². The van der Waals surface area contributed by atoms with Crippen LogP contribution in [0.15, 0.2) is 12.4 Å². The molecule has 0 radical (unpaired) electrons. The van der Waals surface area contributed by atoms with E-state index in [4.69, 9.17) is 10.5 Å². The van der Waals surface area contributed by atoms with Gasteiger partial charge in [-0.3, -0.25) is 9.48 Å². The highest BCUT2D eigenvalue weighted by Gasteiger charge is 2.16. The van der Waals surface area contributed by atoms with Crippen molar-refractivity contribution in [3.8, 4) is 0 Å². The van der Waals surface area contributed by atoms with Crippen LogP contribution >= 0.6 is 0 Å². The first-order valence-corrected chi connectivity index (χ1v) is 5.66. The molecule has 1 rings (SSSR count). The number of amides is 1. The van der Waals surface area contributed by atoms with Crippen molar-refractivity contribution in [2.24, 2.45) is 12.8 Å². The molecular weight excluding hydrogens is 220 g/mol. The van der Waals surface area contributed by atoms with Gasteiger partial charge in [0.15, 0.2) is 0 Å².